The predicted octanol–water partition coefficient (Wildman–Crippen LogP) is 3.57. The molecule has 0 saturated heterocycles. The van der Waals surface area contributed by atoms with Crippen LogP contribution in [0.3, 0.4) is 0 Å². The van der Waals surface area contributed by atoms with Crippen LogP contribution in [0.4, 0.5) is 10.5 Å². The number of rotatable bonds is 6. The van der Waals surface area contributed by atoms with Gasteiger partial charge in [-0.15, -0.1) is 10.2 Å². The van der Waals surface area contributed by atoms with Crippen LogP contribution in [-0.2, 0) is 6.54 Å². The van der Waals surface area contributed by atoms with E-state index in [1.165, 1.54) is 0 Å². The van der Waals surface area contributed by atoms with Gasteiger partial charge in [0.15, 0.2) is 11.5 Å². The number of carbonyl (C=O) groups is 1. The number of thiophene rings is 1. The van der Waals surface area contributed by atoms with E-state index >= 15 is 0 Å². The second-order valence-electron chi connectivity index (χ2n) is 5.85. The Labute approximate surface area is 165 Å². The quantitative estimate of drug-likeness (QED) is 0.521. The van der Waals surface area contributed by atoms with Crippen molar-refractivity contribution in [2.24, 2.45) is 0 Å². The Balaban J connectivity index is 1.47. The summed E-state index contributed by atoms with van der Waals surface area (Å²) in [5, 5.41) is 22.4. The average molecular weight is 394 g/mol. The largest absolute Gasteiger partial charge is 0.492 e. The molecule has 8 nitrogen and oxygen atoms in total. The summed E-state index contributed by atoms with van der Waals surface area (Å²) in [6.45, 7) is 2.60. The van der Waals surface area contributed by atoms with Crippen molar-refractivity contribution < 1.29 is 9.53 Å². The second-order valence-corrected chi connectivity index (χ2v) is 6.63. The molecule has 0 spiro atoms. The molecule has 0 unspecified atom stereocenters. The highest BCUT2D eigenvalue weighted by atomic mass is 32.1. The van der Waals surface area contributed by atoms with E-state index < -0.39 is 0 Å². The van der Waals surface area contributed by atoms with E-state index in [2.05, 4.69) is 25.9 Å². The SMILES string of the molecule is CCOc1ccccc1NC(=O)NCc1nnc2ccc(-c3ccsc3)nn12. The minimum absolute atomic E-state index is 0.184. The number of hydrogen-bond donors (Lipinski definition) is 2. The van der Waals surface area contributed by atoms with E-state index in [0.717, 1.165) is 11.3 Å². The highest BCUT2D eigenvalue weighted by Gasteiger charge is 2.11. The number of benzene rings is 1. The van der Waals surface area contributed by atoms with Crippen molar-refractivity contribution in [2.75, 3.05) is 11.9 Å². The fourth-order valence-electron chi connectivity index (χ4n) is 2.68. The number of nitrogens with zero attached hydrogens (tertiary/aromatic N) is 4. The molecule has 4 rings (SSSR count). The minimum Gasteiger partial charge on any atom is -0.492 e. The molecule has 0 atom stereocenters. The van der Waals surface area contributed by atoms with Gasteiger partial charge in [0.25, 0.3) is 0 Å². The Morgan fingerprint density at radius 2 is 2.07 bits per heavy atom. The molecule has 0 fully saturated rings. The third-order valence-corrected chi connectivity index (χ3v) is 4.67. The zero-order valence-electron chi connectivity index (χ0n) is 15.1. The van der Waals surface area contributed by atoms with Crippen LogP contribution in [0.15, 0.2) is 53.2 Å². The summed E-state index contributed by atoms with van der Waals surface area (Å²) in [7, 11) is 0. The number of urea groups is 1. The van der Waals surface area contributed by atoms with Crippen LogP contribution in [0.1, 0.15) is 12.7 Å². The van der Waals surface area contributed by atoms with Crippen LogP contribution in [0, 0.1) is 0 Å². The second kappa shape index (κ2) is 8.05. The average Bonchev–Trinajstić information content (AvgIpc) is 3.38. The Morgan fingerprint density at radius 3 is 2.89 bits per heavy atom. The normalized spacial score (nSPS) is 10.8. The number of amides is 2. The fraction of sp³-hybridized carbons (Fsp3) is 0.158. The Morgan fingerprint density at radius 1 is 1.18 bits per heavy atom. The molecule has 3 aromatic heterocycles. The van der Waals surface area contributed by atoms with Crippen molar-refractivity contribution in [1.29, 1.82) is 0 Å². The molecule has 3 heterocycles. The maximum absolute atomic E-state index is 12.3. The molecule has 0 saturated carbocycles. The molecule has 1 aromatic carbocycles. The molecule has 2 amide bonds. The first kappa shape index (κ1) is 17.9. The molecule has 9 heteroatoms. The summed E-state index contributed by atoms with van der Waals surface area (Å²) < 4.78 is 7.16. The Hall–Kier alpha value is -3.46. The minimum atomic E-state index is -0.363. The number of ether oxygens (including phenoxy) is 1. The first-order chi connectivity index (χ1) is 13.7. The predicted molar refractivity (Wildman–Crippen MR) is 108 cm³/mol. The number of para-hydroxylation sites is 2. The Bertz CT molecular complexity index is 1090. The molecule has 2 N–H and O–H groups in total. The Kier molecular flexibility index (Phi) is 5.16. The van der Waals surface area contributed by atoms with E-state index in [4.69, 9.17) is 4.74 Å². The van der Waals surface area contributed by atoms with Crippen molar-refractivity contribution in [3.63, 3.8) is 0 Å². The number of anilines is 1. The smallest absolute Gasteiger partial charge is 0.319 e. The maximum atomic E-state index is 12.3. The summed E-state index contributed by atoms with van der Waals surface area (Å²) in [4.78, 5) is 12.3. The molecule has 0 radical (unpaired) electrons. The van der Waals surface area contributed by atoms with Crippen LogP contribution in [0.5, 0.6) is 5.75 Å². The number of aromatic nitrogens is 4. The van der Waals surface area contributed by atoms with Gasteiger partial charge in [-0.1, -0.05) is 12.1 Å². The summed E-state index contributed by atoms with van der Waals surface area (Å²) in [5.74, 6) is 1.16. The highest BCUT2D eigenvalue weighted by molar-refractivity contribution is 7.08. The summed E-state index contributed by atoms with van der Waals surface area (Å²) in [6, 6.07) is 12.7. The summed E-state index contributed by atoms with van der Waals surface area (Å²) >= 11 is 1.61. The molecule has 28 heavy (non-hydrogen) atoms. The number of carbonyl (C=O) groups excluding carboxylic acids is 1. The standard InChI is InChI=1S/C19H18N6O2S/c1-2-27-16-6-4-3-5-15(16)21-19(26)20-11-18-23-22-17-8-7-14(24-25(17)18)13-9-10-28-12-13/h3-10,12H,2,11H2,1H3,(H2,20,21,26). The molecular formula is C19H18N6O2S. The van der Waals surface area contributed by atoms with Crippen LogP contribution in [0.2, 0.25) is 0 Å². The molecule has 4 aromatic rings. The van der Waals surface area contributed by atoms with E-state index in [1.807, 2.05) is 48.0 Å². The zero-order valence-corrected chi connectivity index (χ0v) is 15.9. The lowest BCUT2D eigenvalue weighted by Crippen LogP contribution is -2.29. The molecule has 0 aliphatic carbocycles. The molecular weight excluding hydrogens is 376 g/mol. The van der Waals surface area contributed by atoms with E-state index in [-0.39, 0.29) is 12.6 Å². The van der Waals surface area contributed by atoms with Gasteiger partial charge in [-0.25, -0.2) is 4.79 Å². The van der Waals surface area contributed by atoms with Gasteiger partial charge in [0.05, 0.1) is 24.5 Å². The lowest BCUT2D eigenvalue weighted by atomic mass is 10.2. The van der Waals surface area contributed by atoms with Gasteiger partial charge in [-0.3, -0.25) is 0 Å². The lowest BCUT2D eigenvalue weighted by Gasteiger charge is -2.11. The zero-order chi connectivity index (χ0) is 19.3. The highest BCUT2D eigenvalue weighted by Crippen LogP contribution is 2.23. The van der Waals surface area contributed by atoms with Gasteiger partial charge in [-0.2, -0.15) is 21.0 Å². The van der Waals surface area contributed by atoms with Gasteiger partial charge in [0.1, 0.15) is 5.75 Å². The number of hydrogen-bond acceptors (Lipinski definition) is 6. The fourth-order valence-corrected chi connectivity index (χ4v) is 3.33. The molecule has 0 bridgehead atoms. The number of nitrogens with one attached hydrogen (secondary N) is 2. The van der Waals surface area contributed by atoms with E-state index in [9.17, 15) is 4.79 Å². The van der Waals surface area contributed by atoms with E-state index in [1.54, 1.807) is 28.0 Å². The van der Waals surface area contributed by atoms with E-state index in [0.29, 0.717) is 29.5 Å². The monoisotopic (exact) mass is 394 g/mol. The molecule has 0 aliphatic rings. The maximum Gasteiger partial charge on any atom is 0.319 e. The van der Waals surface area contributed by atoms with Crippen molar-refractivity contribution in [3.05, 3.63) is 59.0 Å². The number of fused-ring (bicyclic) bond motifs is 1. The van der Waals surface area contributed by atoms with Gasteiger partial charge < -0.3 is 15.4 Å². The molecule has 0 aliphatic heterocycles. The summed E-state index contributed by atoms with van der Waals surface area (Å²) in [5.41, 5.74) is 3.08. The first-order valence-electron chi connectivity index (χ1n) is 8.75. The van der Waals surface area contributed by atoms with Crippen molar-refractivity contribution in [2.45, 2.75) is 13.5 Å². The van der Waals surface area contributed by atoms with Gasteiger partial charge in [-0.05, 0) is 42.6 Å². The van der Waals surface area contributed by atoms with Crippen LogP contribution in [-0.4, -0.2) is 32.4 Å². The van der Waals surface area contributed by atoms with Gasteiger partial charge >= 0.3 is 6.03 Å². The lowest BCUT2D eigenvalue weighted by molar-refractivity contribution is 0.251. The van der Waals surface area contributed by atoms with Crippen molar-refractivity contribution in [3.8, 4) is 17.0 Å². The van der Waals surface area contributed by atoms with Gasteiger partial charge in [0.2, 0.25) is 0 Å². The summed E-state index contributed by atoms with van der Waals surface area (Å²) in [6.07, 6.45) is 0. The third-order valence-electron chi connectivity index (χ3n) is 3.99. The first-order valence-corrected chi connectivity index (χ1v) is 9.69. The van der Waals surface area contributed by atoms with Crippen LogP contribution < -0.4 is 15.4 Å². The van der Waals surface area contributed by atoms with Gasteiger partial charge in [0, 0.05) is 10.9 Å². The molecule has 142 valence electrons. The topological polar surface area (TPSA) is 93.4 Å². The van der Waals surface area contributed by atoms with Crippen LogP contribution >= 0.6 is 11.3 Å². The third kappa shape index (κ3) is 3.79. The van der Waals surface area contributed by atoms with Crippen molar-refractivity contribution >= 4 is 28.7 Å². The van der Waals surface area contributed by atoms with Crippen molar-refractivity contribution in [1.82, 2.24) is 25.1 Å². The van der Waals surface area contributed by atoms with Crippen LogP contribution in [0.25, 0.3) is 16.9 Å².